The fourth-order valence-corrected chi connectivity index (χ4v) is 5.95. The molecule has 0 radical (unpaired) electrons. The van der Waals surface area contributed by atoms with Crippen molar-refractivity contribution in [3.63, 3.8) is 0 Å². The quantitative estimate of drug-likeness (QED) is 0.168. The molecule has 0 unspecified atom stereocenters. The van der Waals surface area contributed by atoms with Gasteiger partial charge < -0.3 is 50.2 Å². The Kier molecular flexibility index (Phi) is 7.33. The van der Waals surface area contributed by atoms with Crippen molar-refractivity contribution in [3.8, 4) is 11.5 Å². The summed E-state index contributed by atoms with van der Waals surface area (Å²) in [4.78, 5) is 47.1. The second kappa shape index (κ2) is 10.1. The predicted octanol–water partition coefficient (Wildman–Crippen LogP) is -1.30. The van der Waals surface area contributed by atoms with Crippen molar-refractivity contribution >= 4 is 23.9 Å². The van der Waals surface area contributed by atoms with Gasteiger partial charge in [0.1, 0.15) is 5.76 Å². The number of carboxylic acid groups (broad SMARTS) is 2. The molecule has 3 aliphatic rings. The van der Waals surface area contributed by atoms with E-state index in [1.54, 1.807) is 13.1 Å². The molecule has 0 saturated heterocycles. The van der Waals surface area contributed by atoms with Gasteiger partial charge in [0, 0.05) is 18.0 Å². The number of carboxylic acids is 2. The Balaban J connectivity index is 1.59. The molecule has 212 valence electrons. The highest BCUT2D eigenvalue weighted by molar-refractivity contribution is 5.87. The first kappa shape index (κ1) is 28.3. The Morgan fingerprint density at radius 3 is 2.44 bits per heavy atom. The predicted molar refractivity (Wildman–Crippen MR) is 127 cm³/mol. The zero-order valence-electron chi connectivity index (χ0n) is 21.0. The third-order valence-corrected chi connectivity index (χ3v) is 7.82. The summed E-state index contributed by atoms with van der Waals surface area (Å²) in [5.41, 5.74) is -1.09. The van der Waals surface area contributed by atoms with Crippen LogP contribution in [0, 0.1) is 0 Å². The van der Waals surface area contributed by atoms with Gasteiger partial charge in [0.25, 0.3) is 0 Å². The van der Waals surface area contributed by atoms with E-state index in [0.717, 1.165) is 5.56 Å². The highest BCUT2D eigenvalue weighted by Gasteiger charge is 2.69. The highest BCUT2D eigenvalue weighted by Crippen LogP contribution is 2.63. The van der Waals surface area contributed by atoms with Crippen molar-refractivity contribution in [2.75, 3.05) is 7.05 Å². The number of phenolic OH excluding ortho intramolecular Hbond substituents is 1. The monoisotopic (exact) mass is 551 g/mol. The SMILES string of the molecule is CC[C@]12c3c4ccc(O)c3O[C@H]1C(OC(=O)C[C@H](OC(=O)[C@H](O)[C@@H](O)C(=O)O)C(=O)O)=CC[C@@]2(O)[C@H](NC)C4. The standard InChI is InChI=1S/C25H29NO13/c1-3-24-16-10-4-5-11(27)19(16)39-20(24)12(6-7-25(24,36)14(8-10)26-2)37-15(28)9-13(21(31)32)38-23(35)18(30)17(29)22(33)34/h4-6,13-14,17-18,20,26-27,29-30,36H,3,7-9H2,1-2H3,(H,31,32)(H,33,34)/t13-,14+,17+,18+,20-,24-,25+/m0/s1. The molecule has 2 aliphatic carbocycles. The van der Waals surface area contributed by atoms with E-state index in [0.29, 0.717) is 18.4 Å². The maximum atomic E-state index is 12.8. The molecule has 4 rings (SSSR count). The van der Waals surface area contributed by atoms with Gasteiger partial charge in [-0.3, -0.25) is 4.79 Å². The molecule has 1 aromatic rings. The van der Waals surface area contributed by atoms with Gasteiger partial charge in [-0.1, -0.05) is 13.0 Å². The van der Waals surface area contributed by atoms with Crippen LogP contribution < -0.4 is 10.1 Å². The molecule has 0 bridgehead atoms. The second-order valence-electron chi connectivity index (χ2n) is 9.72. The minimum atomic E-state index is -2.60. The lowest BCUT2D eigenvalue weighted by molar-refractivity contribution is -0.180. The number of benzene rings is 1. The number of phenols is 1. The average Bonchev–Trinajstić information content (AvgIpc) is 3.27. The van der Waals surface area contributed by atoms with Gasteiger partial charge in [-0.15, -0.1) is 0 Å². The zero-order chi connectivity index (χ0) is 28.9. The maximum absolute atomic E-state index is 12.8. The first-order valence-corrected chi connectivity index (χ1v) is 12.2. The van der Waals surface area contributed by atoms with Crippen LogP contribution in [-0.4, -0.2) is 97.6 Å². The smallest absolute Gasteiger partial charge is 0.345 e. The van der Waals surface area contributed by atoms with E-state index in [1.165, 1.54) is 12.1 Å². The molecule has 1 aliphatic heterocycles. The number of ether oxygens (including phenoxy) is 3. The van der Waals surface area contributed by atoms with Gasteiger partial charge in [-0.05, 0) is 37.6 Å². The average molecular weight is 552 g/mol. The molecular formula is C25H29NO13. The maximum Gasteiger partial charge on any atom is 0.345 e. The number of aliphatic hydroxyl groups excluding tert-OH is 2. The normalized spacial score (nSPS) is 28.7. The Hall–Kier alpha value is -3.72. The molecule has 14 heteroatoms. The molecule has 39 heavy (non-hydrogen) atoms. The number of aliphatic carboxylic acids is 2. The van der Waals surface area contributed by atoms with Gasteiger partial charge in [-0.2, -0.15) is 0 Å². The van der Waals surface area contributed by atoms with Crippen molar-refractivity contribution < 1.29 is 64.0 Å². The van der Waals surface area contributed by atoms with Crippen molar-refractivity contribution in [3.05, 3.63) is 35.1 Å². The molecular weight excluding hydrogens is 522 g/mol. The molecule has 14 nitrogen and oxygen atoms in total. The minimum absolute atomic E-state index is 0.0277. The molecule has 7 atom stereocenters. The largest absolute Gasteiger partial charge is 0.504 e. The number of hydrogen-bond acceptors (Lipinski definition) is 12. The van der Waals surface area contributed by atoms with Gasteiger partial charge in [-0.25, -0.2) is 14.4 Å². The first-order chi connectivity index (χ1) is 18.3. The molecule has 1 heterocycles. The van der Waals surface area contributed by atoms with Crippen molar-refractivity contribution in [2.24, 2.45) is 0 Å². The lowest BCUT2D eigenvalue weighted by Gasteiger charge is -2.56. The van der Waals surface area contributed by atoms with Crippen molar-refractivity contribution in [1.29, 1.82) is 0 Å². The summed E-state index contributed by atoms with van der Waals surface area (Å²) in [5.74, 6) is -6.73. The number of hydrogen-bond donors (Lipinski definition) is 7. The summed E-state index contributed by atoms with van der Waals surface area (Å²) in [6.07, 6.45) is -7.20. The number of carbonyl (C=O) groups excluding carboxylic acids is 2. The van der Waals surface area contributed by atoms with Crippen LogP contribution in [0.4, 0.5) is 0 Å². The third kappa shape index (κ3) is 4.29. The van der Waals surface area contributed by atoms with E-state index in [1.807, 2.05) is 6.92 Å². The van der Waals surface area contributed by atoms with Gasteiger partial charge >= 0.3 is 23.9 Å². The lowest BCUT2D eigenvalue weighted by atomic mass is 9.52. The molecule has 0 aromatic heterocycles. The van der Waals surface area contributed by atoms with Crippen LogP contribution in [0.25, 0.3) is 0 Å². The molecule has 0 saturated carbocycles. The number of rotatable bonds is 10. The topological polar surface area (TPSA) is 229 Å². The van der Waals surface area contributed by atoms with Gasteiger partial charge in [0.05, 0.1) is 17.4 Å². The Labute approximate surface area is 221 Å². The fourth-order valence-electron chi connectivity index (χ4n) is 5.95. The van der Waals surface area contributed by atoms with Crippen LogP contribution in [0.5, 0.6) is 11.5 Å². The van der Waals surface area contributed by atoms with E-state index in [9.17, 15) is 44.7 Å². The van der Waals surface area contributed by atoms with E-state index >= 15 is 0 Å². The van der Waals surface area contributed by atoms with Crippen molar-refractivity contribution in [1.82, 2.24) is 5.32 Å². The molecule has 1 aromatic carbocycles. The van der Waals surface area contributed by atoms with E-state index in [-0.39, 0.29) is 23.7 Å². The Morgan fingerprint density at radius 2 is 1.85 bits per heavy atom. The fraction of sp³-hybridized carbons (Fsp3) is 0.520. The summed E-state index contributed by atoms with van der Waals surface area (Å²) in [5, 5.41) is 62.7. The van der Waals surface area contributed by atoms with Crippen LogP contribution in [0.15, 0.2) is 24.0 Å². The summed E-state index contributed by atoms with van der Waals surface area (Å²) in [6, 6.07) is 2.80. The Morgan fingerprint density at radius 1 is 1.15 bits per heavy atom. The minimum Gasteiger partial charge on any atom is -0.504 e. The number of carbonyl (C=O) groups is 4. The van der Waals surface area contributed by atoms with Crippen LogP contribution in [0.2, 0.25) is 0 Å². The zero-order valence-corrected chi connectivity index (χ0v) is 21.0. The van der Waals surface area contributed by atoms with Gasteiger partial charge in [0.15, 0.2) is 29.8 Å². The number of aromatic hydroxyl groups is 1. The first-order valence-electron chi connectivity index (χ1n) is 12.2. The van der Waals surface area contributed by atoms with Crippen LogP contribution >= 0.6 is 0 Å². The summed E-state index contributed by atoms with van der Waals surface area (Å²) < 4.78 is 16.1. The number of nitrogens with one attached hydrogen (secondary N) is 1. The van der Waals surface area contributed by atoms with Gasteiger partial charge in [0.2, 0.25) is 6.10 Å². The molecule has 0 amide bonds. The van der Waals surface area contributed by atoms with Crippen LogP contribution in [0.1, 0.15) is 37.3 Å². The molecule has 7 N–H and O–H groups in total. The van der Waals surface area contributed by atoms with E-state index in [4.69, 9.17) is 14.6 Å². The molecule has 0 fully saturated rings. The second-order valence-corrected chi connectivity index (χ2v) is 9.72. The lowest BCUT2D eigenvalue weighted by Crippen LogP contribution is -2.70. The summed E-state index contributed by atoms with van der Waals surface area (Å²) in [7, 11) is 1.71. The third-order valence-electron chi connectivity index (χ3n) is 7.82. The number of esters is 2. The summed E-state index contributed by atoms with van der Waals surface area (Å²) in [6.45, 7) is 1.82. The number of likely N-dealkylation sites (N-methyl/N-ethyl adjacent to an activating group) is 1. The van der Waals surface area contributed by atoms with Crippen LogP contribution in [-0.2, 0) is 40.5 Å². The van der Waals surface area contributed by atoms with Crippen molar-refractivity contribution in [2.45, 2.75) is 74.1 Å². The van der Waals surface area contributed by atoms with Crippen LogP contribution in [0.3, 0.4) is 0 Å². The Bertz CT molecular complexity index is 1240. The highest BCUT2D eigenvalue weighted by atomic mass is 16.6. The molecule has 0 spiro atoms. The van der Waals surface area contributed by atoms with E-state index < -0.39 is 71.8 Å². The number of aliphatic hydroxyl groups is 3. The van der Waals surface area contributed by atoms with E-state index in [2.05, 4.69) is 10.1 Å². The summed E-state index contributed by atoms with van der Waals surface area (Å²) >= 11 is 0.